The third-order valence-electron chi connectivity index (χ3n) is 2.16. The molecule has 0 fully saturated rings. The highest BCUT2D eigenvalue weighted by atomic mass is 16.5. The van der Waals surface area contributed by atoms with Crippen molar-refractivity contribution >= 4 is 0 Å². The van der Waals surface area contributed by atoms with Gasteiger partial charge < -0.3 is 15.6 Å². The van der Waals surface area contributed by atoms with Crippen LogP contribution in [0.3, 0.4) is 0 Å². The SMILES string of the molecule is COCc1ccc(C(N)CCO)cc1. The quantitative estimate of drug-likeness (QED) is 0.742. The number of benzene rings is 1. The number of hydrogen-bond donors (Lipinski definition) is 2. The smallest absolute Gasteiger partial charge is 0.0713 e. The molecule has 1 unspecified atom stereocenters. The molecule has 0 aromatic heterocycles. The maximum atomic E-state index is 8.74. The molecule has 1 rings (SSSR count). The second-order valence-corrected chi connectivity index (χ2v) is 3.29. The number of nitrogens with two attached hydrogens (primary N) is 1. The summed E-state index contributed by atoms with van der Waals surface area (Å²) in [6.07, 6.45) is 0.601. The van der Waals surface area contributed by atoms with E-state index < -0.39 is 0 Å². The molecule has 0 amide bonds. The molecule has 0 aliphatic rings. The predicted molar refractivity (Wildman–Crippen MR) is 55.8 cm³/mol. The molecule has 0 bridgehead atoms. The number of hydrogen-bond acceptors (Lipinski definition) is 3. The van der Waals surface area contributed by atoms with Crippen LogP contribution in [0.2, 0.25) is 0 Å². The van der Waals surface area contributed by atoms with Crippen molar-refractivity contribution in [3.63, 3.8) is 0 Å². The number of aliphatic hydroxyl groups is 1. The topological polar surface area (TPSA) is 55.5 Å². The minimum absolute atomic E-state index is 0.0726. The van der Waals surface area contributed by atoms with Crippen molar-refractivity contribution in [2.24, 2.45) is 5.73 Å². The molecule has 0 radical (unpaired) electrons. The highest BCUT2D eigenvalue weighted by molar-refractivity contribution is 5.24. The number of rotatable bonds is 5. The van der Waals surface area contributed by atoms with Crippen LogP contribution in [0.4, 0.5) is 0 Å². The molecule has 78 valence electrons. The molecule has 1 atom stereocenters. The molecule has 3 N–H and O–H groups in total. The van der Waals surface area contributed by atoms with Crippen LogP contribution in [0.1, 0.15) is 23.6 Å². The van der Waals surface area contributed by atoms with Crippen molar-refractivity contribution in [1.82, 2.24) is 0 Å². The van der Waals surface area contributed by atoms with Gasteiger partial charge in [-0.2, -0.15) is 0 Å². The van der Waals surface area contributed by atoms with Crippen LogP contribution < -0.4 is 5.73 Å². The summed E-state index contributed by atoms with van der Waals surface area (Å²) in [7, 11) is 1.67. The summed E-state index contributed by atoms with van der Waals surface area (Å²) in [5, 5.41) is 8.74. The van der Waals surface area contributed by atoms with Crippen LogP contribution in [0.15, 0.2) is 24.3 Å². The van der Waals surface area contributed by atoms with Crippen LogP contribution in [0.5, 0.6) is 0 Å². The lowest BCUT2D eigenvalue weighted by molar-refractivity contribution is 0.185. The van der Waals surface area contributed by atoms with Gasteiger partial charge in [0.05, 0.1) is 6.61 Å². The second-order valence-electron chi connectivity index (χ2n) is 3.29. The maximum Gasteiger partial charge on any atom is 0.0713 e. The van der Waals surface area contributed by atoms with Gasteiger partial charge in [0.2, 0.25) is 0 Å². The summed E-state index contributed by atoms with van der Waals surface area (Å²) >= 11 is 0. The van der Waals surface area contributed by atoms with Gasteiger partial charge in [-0.3, -0.25) is 0 Å². The number of aliphatic hydroxyl groups excluding tert-OH is 1. The van der Waals surface area contributed by atoms with Crippen LogP contribution >= 0.6 is 0 Å². The molecule has 0 heterocycles. The lowest BCUT2D eigenvalue weighted by atomic mass is 10.0. The van der Waals surface area contributed by atoms with E-state index in [9.17, 15) is 0 Å². The molecule has 14 heavy (non-hydrogen) atoms. The van der Waals surface area contributed by atoms with E-state index in [2.05, 4.69) is 0 Å². The Bertz CT molecular complexity index is 258. The van der Waals surface area contributed by atoms with Gasteiger partial charge >= 0.3 is 0 Å². The third-order valence-corrected chi connectivity index (χ3v) is 2.16. The van der Waals surface area contributed by atoms with Gasteiger partial charge in [0.1, 0.15) is 0 Å². The Morgan fingerprint density at radius 2 is 2.00 bits per heavy atom. The first-order chi connectivity index (χ1) is 6.77. The fourth-order valence-corrected chi connectivity index (χ4v) is 1.33. The van der Waals surface area contributed by atoms with Gasteiger partial charge in [0.15, 0.2) is 0 Å². The maximum absolute atomic E-state index is 8.74. The first-order valence-corrected chi connectivity index (χ1v) is 4.72. The Kier molecular flexibility index (Phi) is 4.59. The molecule has 0 spiro atoms. The van der Waals surface area contributed by atoms with Gasteiger partial charge in [-0.15, -0.1) is 0 Å². The van der Waals surface area contributed by atoms with Crippen LogP contribution in [0, 0.1) is 0 Å². The van der Waals surface area contributed by atoms with E-state index in [1.165, 1.54) is 0 Å². The fraction of sp³-hybridized carbons (Fsp3) is 0.455. The van der Waals surface area contributed by atoms with E-state index in [0.29, 0.717) is 13.0 Å². The second kappa shape index (κ2) is 5.75. The van der Waals surface area contributed by atoms with Crippen LogP contribution in [0.25, 0.3) is 0 Å². The standard InChI is InChI=1S/C11H17NO2/c1-14-8-9-2-4-10(5-3-9)11(12)6-7-13/h2-5,11,13H,6-8,12H2,1H3. The minimum Gasteiger partial charge on any atom is -0.396 e. The Morgan fingerprint density at radius 1 is 1.36 bits per heavy atom. The summed E-state index contributed by atoms with van der Waals surface area (Å²) in [5.74, 6) is 0. The predicted octanol–water partition coefficient (Wildman–Crippen LogP) is 1.22. The highest BCUT2D eigenvalue weighted by Crippen LogP contribution is 2.14. The molecule has 3 nitrogen and oxygen atoms in total. The Morgan fingerprint density at radius 3 is 2.50 bits per heavy atom. The molecular weight excluding hydrogens is 178 g/mol. The molecular formula is C11H17NO2. The summed E-state index contributed by atoms with van der Waals surface area (Å²) < 4.78 is 5.00. The highest BCUT2D eigenvalue weighted by Gasteiger charge is 2.04. The minimum atomic E-state index is -0.0726. The molecule has 0 saturated heterocycles. The first-order valence-electron chi connectivity index (χ1n) is 4.72. The van der Waals surface area contributed by atoms with Crippen LogP contribution in [-0.4, -0.2) is 18.8 Å². The summed E-state index contributed by atoms with van der Waals surface area (Å²) in [5.41, 5.74) is 8.02. The van der Waals surface area contributed by atoms with Crippen molar-refractivity contribution < 1.29 is 9.84 Å². The third kappa shape index (κ3) is 3.10. The van der Waals surface area contributed by atoms with E-state index in [4.69, 9.17) is 15.6 Å². The first kappa shape index (κ1) is 11.2. The van der Waals surface area contributed by atoms with Gasteiger partial charge in [-0.05, 0) is 17.5 Å². The Hall–Kier alpha value is -0.900. The van der Waals surface area contributed by atoms with Crippen molar-refractivity contribution in [2.45, 2.75) is 19.1 Å². The monoisotopic (exact) mass is 195 g/mol. The summed E-state index contributed by atoms with van der Waals surface area (Å²) in [6.45, 7) is 0.747. The average molecular weight is 195 g/mol. The van der Waals surface area contributed by atoms with Crippen molar-refractivity contribution in [3.8, 4) is 0 Å². The van der Waals surface area contributed by atoms with Gasteiger partial charge in [0, 0.05) is 19.8 Å². The van der Waals surface area contributed by atoms with Gasteiger partial charge in [-0.25, -0.2) is 0 Å². The van der Waals surface area contributed by atoms with Crippen molar-refractivity contribution in [1.29, 1.82) is 0 Å². The summed E-state index contributed by atoms with van der Waals surface area (Å²) in [6, 6.07) is 7.88. The molecule has 0 aliphatic carbocycles. The van der Waals surface area contributed by atoms with E-state index in [0.717, 1.165) is 11.1 Å². The fourth-order valence-electron chi connectivity index (χ4n) is 1.33. The normalized spacial score (nSPS) is 12.8. The number of ether oxygens (including phenoxy) is 1. The van der Waals surface area contributed by atoms with Gasteiger partial charge in [0.25, 0.3) is 0 Å². The van der Waals surface area contributed by atoms with E-state index in [1.807, 2.05) is 24.3 Å². The lowest BCUT2D eigenvalue weighted by Gasteiger charge is -2.10. The van der Waals surface area contributed by atoms with E-state index >= 15 is 0 Å². The zero-order chi connectivity index (χ0) is 10.4. The number of methoxy groups -OCH3 is 1. The largest absolute Gasteiger partial charge is 0.396 e. The molecule has 1 aromatic carbocycles. The Balaban J connectivity index is 2.62. The van der Waals surface area contributed by atoms with Crippen molar-refractivity contribution in [2.75, 3.05) is 13.7 Å². The molecule has 0 aliphatic heterocycles. The zero-order valence-corrected chi connectivity index (χ0v) is 8.44. The zero-order valence-electron chi connectivity index (χ0n) is 8.44. The summed E-state index contributed by atoms with van der Waals surface area (Å²) in [4.78, 5) is 0. The molecule has 1 aromatic rings. The molecule has 0 saturated carbocycles. The average Bonchev–Trinajstić information content (AvgIpc) is 2.20. The van der Waals surface area contributed by atoms with Crippen LogP contribution in [-0.2, 0) is 11.3 Å². The lowest BCUT2D eigenvalue weighted by Crippen LogP contribution is -2.11. The molecule has 3 heteroatoms. The van der Waals surface area contributed by atoms with E-state index in [1.54, 1.807) is 7.11 Å². The van der Waals surface area contributed by atoms with Gasteiger partial charge in [-0.1, -0.05) is 24.3 Å². The van der Waals surface area contributed by atoms with E-state index in [-0.39, 0.29) is 12.6 Å². The Labute approximate surface area is 84.5 Å². The van der Waals surface area contributed by atoms with Crippen molar-refractivity contribution in [3.05, 3.63) is 35.4 Å².